The number of carbonyl (C=O) groups is 1. The van der Waals surface area contributed by atoms with E-state index in [0.29, 0.717) is 23.1 Å². The van der Waals surface area contributed by atoms with E-state index in [1.807, 2.05) is 0 Å². The van der Waals surface area contributed by atoms with E-state index in [9.17, 15) is 4.79 Å². The molecular weight excluding hydrogens is 274 g/mol. The number of hydrogen-bond donors (Lipinski definition) is 0. The summed E-state index contributed by atoms with van der Waals surface area (Å²) in [5, 5.41) is 0.257. The van der Waals surface area contributed by atoms with Crippen LogP contribution in [0.25, 0.3) is 0 Å². The van der Waals surface area contributed by atoms with Crippen molar-refractivity contribution in [3.05, 3.63) is 16.5 Å². The van der Waals surface area contributed by atoms with Crippen molar-refractivity contribution in [2.75, 3.05) is 18.0 Å². The standard InChI is InChI=1S/C15H22ClN3O/c1-10(2)12-5-4-7-19(8-6-12)15-13(9-20)14(16)17-11(3)18-15/h9-10,12H,4-8H2,1-3H3. The zero-order chi connectivity index (χ0) is 14.7. The lowest BCUT2D eigenvalue weighted by Gasteiger charge is -2.24. The van der Waals surface area contributed by atoms with Crippen molar-refractivity contribution < 1.29 is 4.79 Å². The molecule has 1 aliphatic heterocycles. The molecule has 1 aromatic rings. The first-order valence-electron chi connectivity index (χ1n) is 7.27. The Balaban J connectivity index is 2.25. The Kier molecular flexibility index (Phi) is 4.97. The largest absolute Gasteiger partial charge is 0.356 e. The van der Waals surface area contributed by atoms with Crippen LogP contribution in [0, 0.1) is 18.8 Å². The predicted octanol–water partition coefficient (Wildman–Crippen LogP) is 3.51. The monoisotopic (exact) mass is 295 g/mol. The molecule has 110 valence electrons. The number of halogens is 1. The van der Waals surface area contributed by atoms with Crippen molar-refractivity contribution >= 4 is 23.7 Å². The van der Waals surface area contributed by atoms with Gasteiger partial charge in [-0.25, -0.2) is 9.97 Å². The fraction of sp³-hybridized carbons (Fsp3) is 0.667. The molecule has 0 radical (unpaired) electrons. The topological polar surface area (TPSA) is 46.1 Å². The summed E-state index contributed by atoms with van der Waals surface area (Å²) in [4.78, 5) is 22.0. The van der Waals surface area contributed by atoms with Gasteiger partial charge >= 0.3 is 0 Å². The smallest absolute Gasteiger partial charge is 0.156 e. The number of aromatic nitrogens is 2. The Morgan fingerprint density at radius 2 is 2.05 bits per heavy atom. The van der Waals surface area contributed by atoms with Gasteiger partial charge in [0.1, 0.15) is 16.8 Å². The Bertz CT molecular complexity index is 490. The lowest BCUT2D eigenvalue weighted by molar-refractivity contribution is 0.112. The van der Waals surface area contributed by atoms with E-state index in [-0.39, 0.29) is 5.15 Å². The van der Waals surface area contributed by atoms with Crippen molar-refractivity contribution in [1.29, 1.82) is 0 Å². The summed E-state index contributed by atoms with van der Waals surface area (Å²) in [6.45, 7) is 8.22. The molecule has 0 N–H and O–H groups in total. The minimum atomic E-state index is 0.257. The highest BCUT2D eigenvalue weighted by Crippen LogP contribution is 2.29. The van der Waals surface area contributed by atoms with Crippen LogP contribution in [0.5, 0.6) is 0 Å². The third-order valence-corrected chi connectivity index (χ3v) is 4.41. The fourth-order valence-electron chi connectivity index (χ4n) is 2.88. The van der Waals surface area contributed by atoms with Crippen molar-refractivity contribution in [3.63, 3.8) is 0 Å². The molecule has 5 heteroatoms. The van der Waals surface area contributed by atoms with E-state index in [4.69, 9.17) is 11.6 Å². The molecule has 4 nitrogen and oxygen atoms in total. The first-order valence-corrected chi connectivity index (χ1v) is 7.65. The van der Waals surface area contributed by atoms with Gasteiger partial charge in [0, 0.05) is 13.1 Å². The third-order valence-electron chi connectivity index (χ3n) is 4.12. The first-order chi connectivity index (χ1) is 9.52. The van der Waals surface area contributed by atoms with E-state index in [2.05, 4.69) is 28.7 Å². The van der Waals surface area contributed by atoms with Gasteiger partial charge in [0.2, 0.25) is 0 Å². The second-order valence-electron chi connectivity index (χ2n) is 5.84. The van der Waals surface area contributed by atoms with Gasteiger partial charge < -0.3 is 4.90 Å². The van der Waals surface area contributed by atoms with Gasteiger partial charge in [-0.3, -0.25) is 4.79 Å². The Labute approximate surface area is 125 Å². The molecule has 2 rings (SSSR count). The van der Waals surface area contributed by atoms with Crippen molar-refractivity contribution in [2.24, 2.45) is 11.8 Å². The quantitative estimate of drug-likeness (QED) is 0.632. The van der Waals surface area contributed by atoms with E-state index < -0.39 is 0 Å². The molecule has 1 fully saturated rings. The van der Waals surface area contributed by atoms with Crippen molar-refractivity contribution in [3.8, 4) is 0 Å². The van der Waals surface area contributed by atoms with Crippen LogP contribution in [-0.2, 0) is 0 Å². The number of carbonyl (C=O) groups excluding carboxylic acids is 1. The fourth-order valence-corrected chi connectivity index (χ4v) is 3.13. The number of anilines is 1. The lowest BCUT2D eigenvalue weighted by Crippen LogP contribution is -2.27. The van der Waals surface area contributed by atoms with Crippen LogP contribution in [0.15, 0.2) is 0 Å². The Morgan fingerprint density at radius 3 is 2.70 bits per heavy atom. The maximum absolute atomic E-state index is 11.3. The highest BCUT2D eigenvalue weighted by atomic mass is 35.5. The van der Waals surface area contributed by atoms with Crippen LogP contribution in [0.4, 0.5) is 5.82 Å². The van der Waals surface area contributed by atoms with Gasteiger partial charge in [0.25, 0.3) is 0 Å². The predicted molar refractivity (Wildman–Crippen MR) is 81.6 cm³/mol. The summed E-state index contributed by atoms with van der Waals surface area (Å²) in [6, 6.07) is 0. The average molecular weight is 296 g/mol. The first kappa shape index (κ1) is 15.2. The highest BCUT2D eigenvalue weighted by Gasteiger charge is 2.23. The number of nitrogens with zero attached hydrogens (tertiary/aromatic N) is 3. The van der Waals surface area contributed by atoms with E-state index >= 15 is 0 Å². The van der Waals surface area contributed by atoms with Gasteiger partial charge in [-0.15, -0.1) is 0 Å². The summed E-state index contributed by atoms with van der Waals surface area (Å²) in [5.74, 6) is 2.76. The number of hydrogen-bond acceptors (Lipinski definition) is 4. The highest BCUT2D eigenvalue weighted by molar-refractivity contribution is 6.32. The second-order valence-corrected chi connectivity index (χ2v) is 6.20. The van der Waals surface area contributed by atoms with E-state index in [0.717, 1.165) is 38.1 Å². The molecule has 0 saturated carbocycles. The van der Waals surface area contributed by atoms with Gasteiger partial charge in [-0.05, 0) is 38.0 Å². The van der Waals surface area contributed by atoms with Crippen LogP contribution in [-0.4, -0.2) is 29.3 Å². The zero-order valence-electron chi connectivity index (χ0n) is 12.4. The summed E-state index contributed by atoms with van der Waals surface area (Å²) in [6.07, 6.45) is 4.27. The van der Waals surface area contributed by atoms with Gasteiger partial charge in [-0.2, -0.15) is 0 Å². The zero-order valence-corrected chi connectivity index (χ0v) is 13.2. The van der Waals surface area contributed by atoms with Crippen molar-refractivity contribution in [2.45, 2.75) is 40.0 Å². The Hall–Kier alpha value is -1.16. The van der Waals surface area contributed by atoms with Crippen LogP contribution < -0.4 is 4.90 Å². The molecule has 0 amide bonds. The maximum Gasteiger partial charge on any atom is 0.156 e. The number of rotatable bonds is 3. The summed E-state index contributed by atoms with van der Waals surface area (Å²) in [5.41, 5.74) is 0.417. The van der Waals surface area contributed by atoms with Crippen LogP contribution in [0.1, 0.15) is 49.3 Å². The summed E-state index contributed by atoms with van der Waals surface area (Å²) in [7, 11) is 0. The second kappa shape index (κ2) is 6.53. The Morgan fingerprint density at radius 1 is 1.30 bits per heavy atom. The minimum Gasteiger partial charge on any atom is -0.356 e. The number of aryl methyl sites for hydroxylation is 1. The molecule has 20 heavy (non-hydrogen) atoms. The molecule has 1 atom stereocenters. The molecule has 1 aliphatic rings. The van der Waals surface area contributed by atoms with Crippen LogP contribution in [0.2, 0.25) is 5.15 Å². The molecule has 1 unspecified atom stereocenters. The molecular formula is C15H22ClN3O. The average Bonchev–Trinajstić information content (AvgIpc) is 2.63. The van der Waals surface area contributed by atoms with Gasteiger partial charge in [0.15, 0.2) is 6.29 Å². The third kappa shape index (κ3) is 3.29. The molecule has 0 aliphatic carbocycles. The number of aldehydes is 1. The van der Waals surface area contributed by atoms with Gasteiger partial charge in [0.05, 0.1) is 5.56 Å². The molecule has 0 bridgehead atoms. The normalized spacial score (nSPS) is 20.1. The lowest BCUT2D eigenvalue weighted by atomic mass is 9.89. The molecule has 0 spiro atoms. The van der Waals surface area contributed by atoms with Gasteiger partial charge in [-0.1, -0.05) is 25.4 Å². The van der Waals surface area contributed by atoms with E-state index in [1.54, 1.807) is 6.92 Å². The van der Waals surface area contributed by atoms with Crippen LogP contribution in [0.3, 0.4) is 0 Å². The summed E-state index contributed by atoms with van der Waals surface area (Å²) >= 11 is 6.06. The summed E-state index contributed by atoms with van der Waals surface area (Å²) < 4.78 is 0. The maximum atomic E-state index is 11.3. The van der Waals surface area contributed by atoms with Crippen LogP contribution >= 0.6 is 11.6 Å². The molecule has 0 aromatic carbocycles. The SMILES string of the molecule is Cc1nc(Cl)c(C=O)c(N2CCCC(C(C)C)CC2)n1. The minimum absolute atomic E-state index is 0.257. The molecule has 2 heterocycles. The van der Waals surface area contributed by atoms with Crippen molar-refractivity contribution in [1.82, 2.24) is 9.97 Å². The molecule has 1 aromatic heterocycles. The van der Waals surface area contributed by atoms with E-state index in [1.165, 1.54) is 6.42 Å². The molecule has 1 saturated heterocycles.